The Morgan fingerprint density at radius 3 is 2.21 bits per heavy atom. The van der Waals surface area contributed by atoms with Crippen molar-refractivity contribution in [2.45, 2.75) is 32.4 Å². The first-order chi connectivity index (χ1) is 17.9. The van der Waals surface area contributed by atoms with Crippen LogP contribution in [0.25, 0.3) is 22.4 Å². The molecular formula is C26H27ClF3N5O3. The normalized spacial score (nSPS) is 16.7. The highest BCUT2D eigenvalue weighted by Gasteiger charge is 2.44. The van der Waals surface area contributed by atoms with Crippen LogP contribution in [0.15, 0.2) is 42.9 Å². The number of carbonyl (C=O) groups excluding carboxylic acids is 1. The van der Waals surface area contributed by atoms with Crippen LogP contribution in [0.4, 0.5) is 18.9 Å². The highest BCUT2D eigenvalue weighted by Crippen LogP contribution is 2.43. The van der Waals surface area contributed by atoms with Gasteiger partial charge in [0.25, 0.3) is 0 Å². The average Bonchev–Trinajstić information content (AvgIpc) is 3.40. The summed E-state index contributed by atoms with van der Waals surface area (Å²) in [5, 5.41) is 10.8. The number of carboxylic acid groups (broad SMARTS) is 1. The number of aromatic nitrogens is 3. The van der Waals surface area contributed by atoms with Crippen LogP contribution in [0.3, 0.4) is 0 Å². The minimum atomic E-state index is -5.08. The van der Waals surface area contributed by atoms with Crippen LogP contribution in [-0.2, 0) is 16.6 Å². The molecule has 0 bridgehead atoms. The van der Waals surface area contributed by atoms with Gasteiger partial charge in [0.05, 0.1) is 21.8 Å². The lowest BCUT2D eigenvalue weighted by atomic mass is 9.77. The monoisotopic (exact) mass is 549 g/mol. The molecule has 12 heteroatoms. The van der Waals surface area contributed by atoms with Gasteiger partial charge in [-0.25, -0.2) is 9.78 Å². The van der Waals surface area contributed by atoms with Crippen molar-refractivity contribution in [3.05, 3.63) is 53.7 Å². The van der Waals surface area contributed by atoms with E-state index in [1.807, 2.05) is 30.9 Å². The quantitative estimate of drug-likeness (QED) is 0.484. The molecule has 2 saturated heterocycles. The van der Waals surface area contributed by atoms with Gasteiger partial charge in [0.1, 0.15) is 5.82 Å². The molecule has 5 rings (SSSR count). The van der Waals surface area contributed by atoms with E-state index in [-0.39, 0.29) is 11.3 Å². The number of piperidine rings is 1. The standard InChI is InChI=1S/C24H26ClN5O.C2HF3O2/c1-16-28-21(15-29(16)2)18-5-3-17(4-6-18)19-13-26-14-20(25)22(19)30-11-8-24(9-12-30)7-10-27-23(24)31;3-2(4,5)1(6)7/h3-6,13-15H,7-12H2,1-2H3,(H,27,31);(H,6,7). The van der Waals surface area contributed by atoms with Crippen LogP contribution >= 0.6 is 11.6 Å². The molecule has 1 amide bonds. The zero-order chi connectivity index (χ0) is 27.7. The summed E-state index contributed by atoms with van der Waals surface area (Å²) in [4.78, 5) is 32.5. The molecule has 2 aliphatic heterocycles. The SMILES string of the molecule is Cc1nc(-c2ccc(-c3cncc(Cl)c3N3CCC4(CCNC4=O)CC3)cc2)cn1C.O=C(O)C(F)(F)F. The molecule has 8 nitrogen and oxygen atoms in total. The Morgan fingerprint density at radius 1 is 1.11 bits per heavy atom. The second-order valence-corrected chi connectivity index (χ2v) is 9.86. The molecule has 0 aliphatic carbocycles. The van der Waals surface area contributed by atoms with E-state index in [2.05, 4.69) is 44.5 Å². The molecule has 0 unspecified atom stereocenters. The number of rotatable bonds is 3. The van der Waals surface area contributed by atoms with E-state index < -0.39 is 12.1 Å². The minimum Gasteiger partial charge on any atom is -0.475 e. The van der Waals surface area contributed by atoms with Crippen molar-refractivity contribution in [1.82, 2.24) is 19.9 Å². The van der Waals surface area contributed by atoms with Crippen LogP contribution < -0.4 is 10.2 Å². The van der Waals surface area contributed by atoms with Gasteiger partial charge in [-0.1, -0.05) is 35.9 Å². The van der Waals surface area contributed by atoms with Crippen LogP contribution in [0, 0.1) is 12.3 Å². The molecule has 2 N–H and O–H groups in total. The van der Waals surface area contributed by atoms with Crippen molar-refractivity contribution < 1.29 is 27.9 Å². The van der Waals surface area contributed by atoms with E-state index in [1.54, 1.807) is 6.20 Å². The van der Waals surface area contributed by atoms with Gasteiger partial charge in [-0.15, -0.1) is 0 Å². The topological polar surface area (TPSA) is 100 Å². The van der Waals surface area contributed by atoms with Crippen molar-refractivity contribution in [2.75, 3.05) is 24.5 Å². The predicted molar refractivity (Wildman–Crippen MR) is 137 cm³/mol. The Kier molecular flexibility index (Phi) is 7.68. The Labute approximate surface area is 222 Å². The third kappa shape index (κ3) is 5.62. The number of carbonyl (C=O) groups is 2. The number of pyridine rings is 1. The highest BCUT2D eigenvalue weighted by atomic mass is 35.5. The van der Waals surface area contributed by atoms with Gasteiger partial charge < -0.3 is 19.9 Å². The maximum absolute atomic E-state index is 12.3. The van der Waals surface area contributed by atoms with Crippen LogP contribution in [0.1, 0.15) is 25.1 Å². The molecule has 0 atom stereocenters. The van der Waals surface area contributed by atoms with Crippen LogP contribution in [-0.4, -0.2) is 57.3 Å². The number of hydrogen-bond donors (Lipinski definition) is 2. The number of hydrogen-bond acceptors (Lipinski definition) is 5. The van der Waals surface area contributed by atoms with Crippen molar-refractivity contribution in [3.8, 4) is 22.4 Å². The minimum absolute atomic E-state index is 0.196. The Balaban J connectivity index is 0.000000426. The van der Waals surface area contributed by atoms with E-state index in [1.165, 1.54) is 0 Å². The summed E-state index contributed by atoms with van der Waals surface area (Å²) in [7, 11) is 2.00. The molecular weight excluding hydrogens is 523 g/mol. The number of aryl methyl sites for hydroxylation is 2. The first-order valence-corrected chi connectivity index (χ1v) is 12.4. The number of aliphatic carboxylic acids is 1. The van der Waals surface area contributed by atoms with Crippen molar-refractivity contribution in [2.24, 2.45) is 12.5 Å². The number of carboxylic acids is 1. The zero-order valence-electron chi connectivity index (χ0n) is 20.8. The summed E-state index contributed by atoms with van der Waals surface area (Å²) in [5.41, 5.74) is 4.94. The van der Waals surface area contributed by atoms with E-state index in [0.717, 1.165) is 72.8 Å². The van der Waals surface area contributed by atoms with Crippen LogP contribution in [0.2, 0.25) is 5.02 Å². The number of halogens is 4. The molecule has 0 saturated carbocycles. The van der Waals surface area contributed by atoms with Gasteiger partial charge in [0.2, 0.25) is 5.91 Å². The molecule has 202 valence electrons. The third-order valence-electron chi connectivity index (χ3n) is 7.12. The summed E-state index contributed by atoms with van der Waals surface area (Å²) >= 11 is 6.64. The lowest BCUT2D eigenvalue weighted by molar-refractivity contribution is -0.192. The summed E-state index contributed by atoms with van der Waals surface area (Å²) in [6, 6.07) is 8.39. The second kappa shape index (κ2) is 10.6. The molecule has 2 aromatic heterocycles. The summed E-state index contributed by atoms with van der Waals surface area (Å²) < 4.78 is 33.8. The summed E-state index contributed by atoms with van der Waals surface area (Å²) in [5.74, 6) is -1.56. The predicted octanol–water partition coefficient (Wildman–Crippen LogP) is 4.85. The molecule has 1 aromatic carbocycles. The van der Waals surface area contributed by atoms with Crippen molar-refractivity contribution in [1.29, 1.82) is 0 Å². The number of nitrogens with one attached hydrogen (secondary N) is 1. The lowest BCUT2D eigenvalue weighted by Gasteiger charge is -2.39. The van der Waals surface area contributed by atoms with Gasteiger partial charge in [-0.3, -0.25) is 9.78 Å². The first kappa shape index (κ1) is 27.4. The third-order valence-corrected chi connectivity index (χ3v) is 7.40. The maximum Gasteiger partial charge on any atom is 0.490 e. The molecule has 2 aliphatic rings. The largest absolute Gasteiger partial charge is 0.490 e. The van der Waals surface area contributed by atoms with E-state index >= 15 is 0 Å². The summed E-state index contributed by atoms with van der Waals surface area (Å²) in [6.07, 6.45) is 3.19. The van der Waals surface area contributed by atoms with Crippen LogP contribution in [0.5, 0.6) is 0 Å². The summed E-state index contributed by atoms with van der Waals surface area (Å²) in [6.45, 7) is 4.42. The molecule has 3 aromatic rings. The van der Waals surface area contributed by atoms with E-state index in [4.69, 9.17) is 21.5 Å². The molecule has 2 fully saturated rings. The number of alkyl halides is 3. The molecule has 38 heavy (non-hydrogen) atoms. The Hall–Kier alpha value is -3.60. The number of imidazole rings is 1. The Morgan fingerprint density at radius 2 is 1.71 bits per heavy atom. The number of benzene rings is 1. The van der Waals surface area contributed by atoms with E-state index in [0.29, 0.717) is 5.02 Å². The number of nitrogens with zero attached hydrogens (tertiary/aromatic N) is 4. The molecule has 0 radical (unpaired) electrons. The number of anilines is 1. The smallest absolute Gasteiger partial charge is 0.475 e. The van der Waals surface area contributed by atoms with Crippen molar-refractivity contribution in [3.63, 3.8) is 0 Å². The lowest BCUT2D eigenvalue weighted by Crippen LogP contribution is -2.44. The highest BCUT2D eigenvalue weighted by molar-refractivity contribution is 6.33. The van der Waals surface area contributed by atoms with Gasteiger partial charge in [0.15, 0.2) is 0 Å². The van der Waals surface area contributed by atoms with E-state index in [9.17, 15) is 18.0 Å². The van der Waals surface area contributed by atoms with Gasteiger partial charge >= 0.3 is 12.1 Å². The second-order valence-electron chi connectivity index (χ2n) is 9.46. The van der Waals surface area contributed by atoms with Gasteiger partial charge in [-0.05, 0) is 31.7 Å². The maximum atomic E-state index is 12.3. The van der Waals surface area contributed by atoms with Gasteiger partial charge in [0, 0.05) is 56.4 Å². The fraction of sp³-hybridized carbons (Fsp3) is 0.385. The van der Waals surface area contributed by atoms with Crippen molar-refractivity contribution >= 4 is 29.2 Å². The Bertz CT molecular complexity index is 1310. The fourth-order valence-corrected chi connectivity index (χ4v) is 5.11. The zero-order valence-corrected chi connectivity index (χ0v) is 21.6. The number of amides is 1. The average molecular weight is 550 g/mol. The van der Waals surface area contributed by atoms with Gasteiger partial charge in [-0.2, -0.15) is 13.2 Å². The first-order valence-electron chi connectivity index (χ1n) is 12.0. The molecule has 4 heterocycles. The fourth-order valence-electron chi connectivity index (χ4n) is 4.83. The molecule has 1 spiro atoms.